The molecule has 3 aromatic rings. The normalized spacial score (nSPS) is 11.1. The van der Waals surface area contributed by atoms with Gasteiger partial charge in [-0.25, -0.2) is 14.4 Å². The van der Waals surface area contributed by atoms with E-state index in [0.717, 1.165) is 31.5 Å². The molecule has 0 aliphatic rings. The highest BCUT2D eigenvalue weighted by atomic mass is 32.2. The van der Waals surface area contributed by atoms with Crippen LogP contribution in [0.4, 0.5) is 4.39 Å². The SMILES string of the molecule is CSc1nc2nc(-c3cccc(F)c3)c(C)cc2s1. The highest BCUT2D eigenvalue weighted by Gasteiger charge is 2.10. The van der Waals surface area contributed by atoms with E-state index in [1.54, 1.807) is 29.2 Å². The molecule has 0 atom stereocenters. The van der Waals surface area contributed by atoms with Crippen molar-refractivity contribution in [2.75, 3.05) is 6.26 Å². The topological polar surface area (TPSA) is 25.8 Å². The fourth-order valence-corrected chi connectivity index (χ4v) is 3.47. The Morgan fingerprint density at radius 3 is 2.79 bits per heavy atom. The third-order valence-electron chi connectivity index (χ3n) is 2.83. The maximum absolute atomic E-state index is 13.3. The molecule has 1 aromatic carbocycles. The number of pyridine rings is 1. The van der Waals surface area contributed by atoms with Crippen LogP contribution in [-0.2, 0) is 0 Å². The summed E-state index contributed by atoms with van der Waals surface area (Å²) in [5, 5.41) is 0. The molecule has 0 N–H and O–H groups in total. The van der Waals surface area contributed by atoms with Crippen LogP contribution < -0.4 is 0 Å². The second-order valence-electron chi connectivity index (χ2n) is 4.17. The minimum absolute atomic E-state index is 0.248. The molecule has 0 fully saturated rings. The summed E-state index contributed by atoms with van der Waals surface area (Å²) in [5.41, 5.74) is 3.36. The summed E-state index contributed by atoms with van der Waals surface area (Å²) in [6.45, 7) is 1.99. The highest BCUT2D eigenvalue weighted by Crippen LogP contribution is 2.31. The molecule has 0 saturated carbocycles. The van der Waals surface area contributed by atoms with Crippen LogP contribution in [0, 0.1) is 12.7 Å². The predicted octanol–water partition coefficient (Wildman–Crippen LogP) is 4.53. The van der Waals surface area contributed by atoms with Gasteiger partial charge in [0, 0.05) is 5.56 Å². The molecular formula is C14H11FN2S2. The zero-order valence-corrected chi connectivity index (χ0v) is 12.1. The molecule has 0 saturated heterocycles. The van der Waals surface area contributed by atoms with Gasteiger partial charge >= 0.3 is 0 Å². The van der Waals surface area contributed by atoms with E-state index < -0.39 is 0 Å². The second-order valence-corrected chi connectivity index (χ2v) is 6.25. The van der Waals surface area contributed by atoms with Gasteiger partial charge in [0.05, 0.1) is 10.4 Å². The van der Waals surface area contributed by atoms with Gasteiger partial charge in [0.25, 0.3) is 0 Å². The maximum atomic E-state index is 13.3. The van der Waals surface area contributed by atoms with Crippen molar-refractivity contribution in [1.29, 1.82) is 0 Å². The quantitative estimate of drug-likeness (QED) is 0.649. The molecule has 0 spiro atoms. The van der Waals surface area contributed by atoms with Crippen LogP contribution in [0.2, 0.25) is 0 Å². The van der Waals surface area contributed by atoms with Crippen LogP contribution in [0.1, 0.15) is 5.56 Å². The van der Waals surface area contributed by atoms with Crippen LogP contribution in [0.5, 0.6) is 0 Å². The molecule has 96 valence electrons. The van der Waals surface area contributed by atoms with Gasteiger partial charge in [-0.1, -0.05) is 23.9 Å². The van der Waals surface area contributed by atoms with Crippen molar-refractivity contribution in [2.24, 2.45) is 0 Å². The van der Waals surface area contributed by atoms with E-state index in [1.807, 2.05) is 19.2 Å². The number of hydrogen-bond donors (Lipinski definition) is 0. The number of benzene rings is 1. The van der Waals surface area contributed by atoms with Crippen LogP contribution in [0.3, 0.4) is 0 Å². The number of halogens is 1. The Labute approximate surface area is 118 Å². The lowest BCUT2D eigenvalue weighted by molar-refractivity contribution is 0.628. The van der Waals surface area contributed by atoms with E-state index in [2.05, 4.69) is 16.0 Å². The third kappa shape index (κ3) is 2.35. The molecule has 5 heteroatoms. The number of nitrogens with zero attached hydrogens (tertiary/aromatic N) is 2. The lowest BCUT2D eigenvalue weighted by Crippen LogP contribution is -1.90. The number of aromatic nitrogens is 2. The minimum atomic E-state index is -0.248. The first-order valence-corrected chi connectivity index (χ1v) is 7.79. The predicted molar refractivity (Wildman–Crippen MR) is 79.3 cm³/mol. The number of aryl methyl sites for hydroxylation is 1. The summed E-state index contributed by atoms with van der Waals surface area (Å²) in [6, 6.07) is 8.57. The van der Waals surface area contributed by atoms with Crippen molar-refractivity contribution in [3.8, 4) is 11.3 Å². The largest absolute Gasteiger partial charge is 0.227 e. The van der Waals surface area contributed by atoms with Crippen LogP contribution in [0.25, 0.3) is 21.6 Å². The molecule has 0 radical (unpaired) electrons. The van der Waals surface area contributed by atoms with Crippen molar-refractivity contribution >= 4 is 33.4 Å². The van der Waals surface area contributed by atoms with Crippen molar-refractivity contribution < 1.29 is 4.39 Å². The molecule has 2 heterocycles. The zero-order chi connectivity index (χ0) is 13.4. The van der Waals surface area contributed by atoms with E-state index in [0.29, 0.717) is 0 Å². The van der Waals surface area contributed by atoms with E-state index in [-0.39, 0.29) is 5.82 Å². The molecule has 0 aliphatic heterocycles. The molecule has 19 heavy (non-hydrogen) atoms. The lowest BCUT2D eigenvalue weighted by atomic mass is 10.1. The molecule has 2 nitrogen and oxygen atoms in total. The smallest absolute Gasteiger partial charge is 0.172 e. The minimum Gasteiger partial charge on any atom is -0.227 e. The van der Waals surface area contributed by atoms with Gasteiger partial charge in [0.1, 0.15) is 5.82 Å². The second kappa shape index (κ2) is 4.90. The fraction of sp³-hybridized carbons (Fsp3) is 0.143. The molecule has 0 amide bonds. The Morgan fingerprint density at radius 1 is 1.21 bits per heavy atom. The van der Waals surface area contributed by atoms with Crippen molar-refractivity contribution in [3.63, 3.8) is 0 Å². The molecule has 0 bridgehead atoms. The van der Waals surface area contributed by atoms with Gasteiger partial charge in [-0.15, -0.1) is 11.3 Å². The Bertz CT molecular complexity index is 752. The Kier molecular flexibility index (Phi) is 3.24. The highest BCUT2D eigenvalue weighted by molar-refractivity contribution is 8.00. The van der Waals surface area contributed by atoms with Crippen LogP contribution in [0.15, 0.2) is 34.7 Å². The average Bonchev–Trinajstić information content (AvgIpc) is 2.79. The zero-order valence-electron chi connectivity index (χ0n) is 10.5. The van der Waals surface area contributed by atoms with Crippen molar-refractivity contribution in [3.05, 3.63) is 41.7 Å². The monoisotopic (exact) mass is 290 g/mol. The number of rotatable bonds is 2. The average molecular weight is 290 g/mol. The summed E-state index contributed by atoms with van der Waals surface area (Å²) in [5.74, 6) is -0.248. The lowest BCUT2D eigenvalue weighted by Gasteiger charge is -2.04. The Morgan fingerprint density at radius 2 is 2.05 bits per heavy atom. The first-order chi connectivity index (χ1) is 9.17. The van der Waals surface area contributed by atoms with Crippen molar-refractivity contribution in [2.45, 2.75) is 11.3 Å². The van der Waals surface area contributed by atoms with Gasteiger partial charge in [-0.2, -0.15) is 0 Å². The maximum Gasteiger partial charge on any atom is 0.172 e. The van der Waals surface area contributed by atoms with E-state index in [9.17, 15) is 4.39 Å². The van der Waals surface area contributed by atoms with Gasteiger partial charge in [-0.05, 0) is 36.9 Å². The number of thiazole rings is 1. The summed E-state index contributed by atoms with van der Waals surface area (Å²) >= 11 is 3.25. The molecule has 2 aromatic heterocycles. The van der Waals surface area contributed by atoms with E-state index in [1.165, 1.54) is 12.1 Å². The summed E-state index contributed by atoms with van der Waals surface area (Å²) in [7, 11) is 0. The van der Waals surface area contributed by atoms with Crippen LogP contribution in [-0.4, -0.2) is 16.2 Å². The fourth-order valence-electron chi connectivity index (χ4n) is 1.95. The number of fused-ring (bicyclic) bond motifs is 1. The van der Waals surface area contributed by atoms with Crippen LogP contribution >= 0.6 is 23.1 Å². The van der Waals surface area contributed by atoms with Crippen molar-refractivity contribution in [1.82, 2.24) is 9.97 Å². The first-order valence-electron chi connectivity index (χ1n) is 5.75. The van der Waals surface area contributed by atoms with Gasteiger partial charge in [0.2, 0.25) is 0 Å². The molecular weight excluding hydrogens is 279 g/mol. The number of hydrogen-bond acceptors (Lipinski definition) is 4. The van der Waals surface area contributed by atoms with E-state index >= 15 is 0 Å². The Balaban J connectivity index is 2.20. The standard InChI is InChI=1S/C14H11FN2S2/c1-8-6-11-13(17-14(18-2)19-11)16-12(8)9-4-3-5-10(15)7-9/h3-7H,1-2H3. The van der Waals surface area contributed by atoms with E-state index in [4.69, 9.17) is 0 Å². The first kappa shape index (κ1) is 12.6. The van der Waals surface area contributed by atoms with Gasteiger partial charge < -0.3 is 0 Å². The Hall–Kier alpha value is -1.46. The summed E-state index contributed by atoms with van der Waals surface area (Å²) in [6.07, 6.45) is 2.00. The summed E-state index contributed by atoms with van der Waals surface area (Å²) in [4.78, 5) is 9.03. The molecule has 0 unspecified atom stereocenters. The summed E-state index contributed by atoms with van der Waals surface area (Å²) < 4.78 is 15.4. The number of thioether (sulfide) groups is 1. The molecule has 0 aliphatic carbocycles. The van der Waals surface area contributed by atoms with Gasteiger partial charge in [0.15, 0.2) is 9.99 Å². The third-order valence-corrected chi connectivity index (χ3v) is 4.80. The molecule has 3 rings (SSSR count). The van der Waals surface area contributed by atoms with Gasteiger partial charge in [-0.3, -0.25) is 0 Å².